The summed E-state index contributed by atoms with van der Waals surface area (Å²) in [5, 5.41) is 1.56. The number of hydrogen-bond donors (Lipinski definition) is 0. The zero-order valence-electron chi connectivity index (χ0n) is 14.0. The molecule has 2 heterocycles. The van der Waals surface area contributed by atoms with Gasteiger partial charge < -0.3 is 4.57 Å². The van der Waals surface area contributed by atoms with Gasteiger partial charge in [0.15, 0.2) is 5.78 Å². The van der Waals surface area contributed by atoms with E-state index in [-0.39, 0.29) is 16.8 Å². The maximum absolute atomic E-state index is 13.2. The van der Waals surface area contributed by atoms with E-state index < -0.39 is 0 Å². The van der Waals surface area contributed by atoms with Crippen LogP contribution in [0.3, 0.4) is 0 Å². The summed E-state index contributed by atoms with van der Waals surface area (Å²) in [5.74, 6) is -0.447. The molecule has 27 heavy (non-hydrogen) atoms. The van der Waals surface area contributed by atoms with Gasteiger partial charge >= 0.3 is 0 Å². The molecular formula is C21H13Cl2FN2O. The van der Waals surface area contributed by atoms with Crippen molar-refractivity contribution < 1.29 is 9.18 Å². The number of carbonyl (C=O) groups excluding carboxylic acids is 1. The molecule has 0 atom stereocenters. The number of pyridine rings is 1. The van der Waals surface area contributed by atoms with E-state index in [0.29, 0.717) is 22.7 Å². The highest BCUT2D eigenvalue weighted by Gasteiger charge is 2.18. The van der Waals surface area contributed by atoms with Crippen LogP contribution < -0.4 is 0 Å². The summed E-state index contributed by atoms with van der Waals surface area (Å²) in [6, 6.07) is 14.9. The van der Waals surface area contributed by atoms with Gasteiger partial charge in [-0.15, -0.1) is 0 Å². The van der Waals surface area contributed by atoms with Crippen LogP contribution in [0.25, 0.3) is 10.9 Å². The Hall–Kier alpha value is -2.69. The second kappa shape index (κ2) is 7.14. The lowest BCUT2D eigenvalue weighted by molar-refractivity contribution is 0.104. The van der Waals surface area contributed by atoms with Crippen LogP contribution in [0.15, 0.2) is 67.0 Å². The van der Waals surface area contributed by atoms with Crippen molar-refractivity contribution in [2.24, 2.45) is 0 Å². The fraction of sp³-hybridized carbons (Fsp3) is 0.0476. The minimum absolute atomic E-state index is 0.163. The number of carbonyl (C=O) groups is 1. The van der Waals surface area contributed by atoms with Gasteiger partial charge in [0.25, 0.3) is 0 Å². The number of hydrogen-bond acceptors (Lipinski definition) is 2. The molecule has 0 bridgehead atoms. The van der Waals surface area contributed by atoms with E-state index in [9.17, 15) is 9.18 Å². The molecule has 2 aromatic carbocycles. The fourth-order valence-corrected chi connectivity index (χ4v) is 3.41. The Kier molecular flexibility index (Phi) is 4.68. The van der Waals surface area contributed by atoms with Crippen LogP contribution >= 0.6 is 23.2 Å². The molecule has 0 saturated heterocycles. The third-order valence-corrected chi connectivity index (χ3v) is 4.78. The lowest BCUT2D eigenvalue weighted by Crippen LogP contribution is -2.02. The third-order valence-electron chi connectivity index (χ3n) is 4.34. The smallest absolute Gasteiger partial charge is 0.195 e. The first-order chi connectivity index (χ1) is 13.0. The highest BCUT2D eigenvalue weighted by molar-refractivity contribution is 6.32. The molecule has 0 unspecified atom stereocenters. The minimum Gasteiger partial charge on any atom is -0.342 e. The molecular weight excluding hydrogens is 386 g/mol. The van der Waals surface area contributed by atoms with E-state index in [1.54, 1.807) is 36.5 Å². The van der Waals surface area contributed by atoms with Crippen LogP contribution in [0.2, 0.25) is 10.2 Å². The number of halogens is 3. The Morgan fingerprint density at radius 1 is 1.04 bits per heavy atom. The van der Waals surface area contributed by atoms with E-state index >= 15 is 0 Å². The quantitative estimate of drug-likeness (QED) is 0.323. The predicted octanol–water partition coefficient (Wildman–Crippen LogP) is 5.76. The first kappa shape index (κ1) is 17.7. The van der Waals surface area contributed by atoms with Crippen molar-refractivity contribution in [2.75, 3.05) is 0 Å². The van der Waals surface area contributed by atoms with Gasteiger partial charge in [-0.1, -0.05) is 35.3 Å². The van der Waals surface area contributed by atoms with Gasteiger partial charge in [0.1, 0.15) is 11.0 Å². The van der Waals surface area contributed by atoms with Crippen molar-refractivity contribution in [3.05, 3.63) is 99.7 Å². The molecule has 0 radical (unpaired) electrons. The summed E-state index contributed by atoms with van der Waals surface area (Å²) in [6.45, 7) is 0.503. The van der Waals surface area contributed by atoms with Crippen molar-refractivity contribution in [3.63, 3.8) is 0 Å². The Labute approximate surface area is 165 Å². The molecule has 6 heteroatoms. The largest absolute Gasteiger partial charge is 0.342 e. The monoisotopic (exact) mass is 398 g/mol. The molecule has 0 aliphatic carbocycles. The number of benzene rings is 2. The average molecular weight is 399 g/mol. The van der Waals surface area contributed by atoms with E-state index in [1.165, 1.54) is 24.4 Å². The van der Waals surface area contributed by atoms with Gasteiger partial charge in [0, 0.05) is 46.0 Å². The highest BCUT2D eigenvalue weighted by atomic mass is 35.5. The molecule has 134 valence electrons. The van der Waals surface area contributed by atoms with Gasteiger partial charge in [-0.2, -0.15) is 0 Å². The maximum atomic E-state index is 13.2. The van der Waals surface area contributed by atoms with Crippen molar-refractivity contribution in [3.8, 4) is 0 Å². The van der Waals surface area contributed by atoms with Crippen molar-refractivity contribution >= 4 is 39.9 Å². The Morgan fingerprint density at radius 3 is 2.56 bits per heavy atom. The van der Waals surface area contributed by atoms with Crippen molar-refractivity contribution in [1.82, 2.24) is 9.55 Å². The van der Waals surface area contributed by atoms with Gasteiger partial charge in [0.05, 0.1) is 0 Å². The Bertz CT molecular complexity index is 1150. The first-order valence-electron chi connectivity index (χ1n) is 8.20. The lowest BCUT2D eigenvalue weighted by atomic mass is 10.0. The Balaban J connectivity index is 1.82. The van der Waals surface area contributed by atoms with E-state index in [2.05, 4.69) is 4.98 Å². The molecule has 2 aromatic heterocycles. The third kappa shape index (κ3) is 3.59. The van der Waals surface area contributed by atoms with E-state index in [4.69, 9.17) is 23.2 Å². The molecule has 0 spiro atoms. The molecule has 0 saturated carbocycles. The average Bonchev–Trinajstić information content (AvgIpc) is 3.00. The number of rotatable bonds is 4. The predicted molar refractivity (Wildman–Crippen MR) is 105 cm³/mol. The van der Waals surface area contributed by atoms with Gasteiger partial charge in [0.2, 0.25) is 0 Å². The van der Waals surface area contributed by atoms with Crippen LogP contribution in [-0.2, 0) is 6.54 Å². The zero-order valence-corrected chi connectivity index (χ0v) is 15.5. The second-order valence-electron chi connectivity index (χ2n) is 6.15. The van der Waals surface area contributed by atoms with Crippen LogP contribution in [0.1, 0.15) is 21.5 Å². The standard InChI is InChI=1S/C21H13Cl2FN2O/c22-15-3-6-19-17(10-15)18(21(27)14-7-8-25-20(23)9-14)12-26(19)11-13-1-4-16(24)5-2-13/h1-10,12H,11H2. The van der Waals surface area contributed by atoms with Gasteiger partial charge in [-0.05, 0) is 48.0 Å². The molecule has 0 N–H and O–H groups in total. The molecule has 0 amide bonds. The summed E-state index contributed by atoms with van der Waals surface area (Å²) in [6.07, 6.45) is 3.29. The molecule has 4 rings (SSSR count). The van der Waals surface area contributed by atoms with Crippen molar-refractivity contribution in [2.45, 2.75) is 6.54 Å². The second-order valence-corrected chi connectivity index (χ2v) is 6.98. The summed E-state index contributed by atoms with van der Waals surface area (Å²) >= 11 is 12.1. The van der Waals surface area contributed by atoms with Crippen LogP contribution in [0.5, 0.6) is 0 Å². The SMILES string of the molecule is O=C(c1ccnc(Cl)c1)c1cn(Cc2ccc(F)cc2)c2ccc(Cl)cc12. The number of ketones is 1. The van der Waals surface area contributed by atoms with E-state index in [0.717, 1.165) is 16.5 Å². The summed E-state index contributed by atoms with van der Waals surface area (Å²) in [7, 11) is 0. The topological polar surface area (TPSA) is 34.9 Å². The summed E-state index contributed by atoms with van der Waals surface area (Å²) < 4.78 is 15.1. The lowest BCUT2D eigenvalue weighted by Gasteiger charge is -2.05. The van der Waals surface area contributed by atoms with Crippen molar-refractivity contribution in [1.29, 1.82) is 0 Å². The number of aromatic nitrogens is 2. The normalized spacial score (nSPS) is 11.1. The fourth-order valence-electron chi connectivity index (χ4n) is 3.07. The maximum Gasteiger partial charge on any atom is 0.195 e. The van der Waals surface area contributed by atoms with Crippen LogP contribution in [0.4, 0.5) is 4.39 Å². The molecule has 0 aliphatic rings. The summed E-state index contributed by atoms with van der Waals surface area (Å²) in [4.78, 5) is 17.0. The van der Waals surface area contributed by atoms with Crippen LogP contribution in [0, 0.1) is 5.82 Å². The molecule has 3 nitrogen and oxygen atoms in total. The first-order valence-corrected chi connectivity index (χ1v) is 8.96. The van der Waals surface area contributed by atoms with Gasteiger partial charge in [-0.25, -0.2) is 9.37 Å². The van der Waals surface area contributed by atoms with E-state index in [1.807, 2.05) is 10.6 Å². The molecule has 0 fully saturated rings. The van der Waals surface area contributed by atoms with Crippen LogP contribution in [-0.4, -0.2) is 15.3 Å². The Morgan fingerprint density at radius 2 is 1.81 bits per heavy atom. The number of nitrogens with zero attached hydrogens (tertiary/aromatic N) is 2. The number of fused-ring (bicyclic) bond motifs is 1. The van der Waals surface area contributed by atoms with Gasteiger partial charge in [-0.3, -0.25) is 4.79 Å². The minimum atomic E-state index is -0.284. The molecule has 4 aromatic rings. The highest BCUT2D eigenvalue weighted by Crippen LogP contribution is 2.28. The zero-order chi connectivity index (χ0) is 19.0. The molecule has 0 aliphatic heterocycles. The summed E-state index contributed by atoms with van der Waals surface area (Å²) in [5.41, 5.74) is 2.77.